The van der Waals surface area contributed by atoms with Crippen molar-refractivity contribution in [1.29, 1.82) is 0 Å². The van der Waals surface area contributed by atoms with E-state index >= 15 is 0 Å². The van der Waals surface area contributed by atoms with E-state index in [2.05, 4.69) is 14.8 Å². The van der Waals surface area contributed by atoms with Crippen molar-refractivity contribution in [3.05, 3.63) is 30.0 Å². The molecule has 1 saturated heterocycles. The zero-order valence-electron chi connectivity index (χ0n) is 15.8. The van der Waals surface area contributed by atoms with Crippen LogP contribution in [0.5, 0.6) is 5.75 Å². The highest BCUT2D eigenvalue weighted by atomic mass is 16.5. The van der Waals surface area contributed by atoms with Crippen molar-refractivity contribution in [3.63, 3.8) is 0 Å². The molecule has 2 fully saturated rings. The molecule has 1 aromatic heterocycles. The molecule has 1 aromatic carbocycles. The first-order chi connectivity index (χ1) is 12.7. The molecule has 26 heavy (non-hydrogen) atoms. The quantitative estimate of drug-likeness (QED) is 0.863. The van der Waals surface area contributed by atoms with E-state index in [0.717, 1.165) is 54.4 Å². The Bertz CT molecular complexity index is 715. The number of aliphatic hydroxyl groups is 1. The van der Waals surface area contributed by atoms with Crippen LogP contribution in [0.3, 0.4) is 0 Å². The number of β-amino-alcohol motifs (C(OH)–C–C–N with tert-alkyl or cyclic N) is 1. The molecule has 1 aliphatic carbocycles. The summed E-state index contributed by atoms with van der Waals surface area (Å²) in [6.45, 7) is 5.08. The predicted octanol–water partition coefficient (Wildman–Crippen LogP) is 3.16. The topological polar surface area (TPSA) is 51.7 Å². The molecule has 5 heteroatoms. The number of nitrogens with one attached hydrogen (secondary N) is 1. The van der Waals surface area contributed by atoms with Crippen molar-refractivity contribution in [3.8, 4) is 5.75 Å². The number of piperazine rings is 1. The van der Waals surface area contributed by atoms with Gasteiger partial charge in [-0.2, -0.15) is 0 Å². The van der Waals surface area contributed by atoms with Gasteiger partial charge in [0.25, 0.3) is 0 Å². The van der Waals surface area contributed by atoms with Crippen molar-refractivity contribution in [2.75, 3.05) is 39.8 Å². The monoisotopic (exact) mass is 357 g/mol. The number of hydrogen-bond donors (Lipinski definition) is 2. The Balaban J connectivity index is 1.36. The van der Waals surface area contributed by atoms with Gasteiger partial charge in [-0.15, -0.1) is 0 Å². The van der Waals surface area contributed by atoms with Crippen molar-refractivity contribution in [1.82, 2.24) is 14.8 Å². The van der Waals surface area contributed by atoms with Crippen molar-refractivity contribution in [2.45, 2.75) is 44.2 Å². The molecule has 0 spiro atoms. The van der Waals surface area contributed by atoms with E-state index in [0.29, 0.717) is 6.54 Å². The molecule has 142 valence electrons. The van der Waals surface area contributed by atoms with E-state index in [9.17, 15) is 5.11 Å². The molecular weight excluding hydrogens is 326 g/mol. The third-order valence-corrected chi connectivity index (χ3v) is 6.21. The highest BCUT2D eigenvalue weighted by Crippen LogP contribution is 2.29. The lowest BCUT2D eigenvalue weighted by Gasteiger charge is -2.41. The molecule has 1 saturated carbocycles. The van der Waals surface area contributed by atoms with Gasteiger partial charge in [-0.3, -0.25) is 9.80 Å². The Kier molecular flexibility index (Phi) is 5.48. The number of hydrogen-bond acceptors (Lipinski definition) is 4. The normalized spacial score (nSPS) is 21.9. The van der Waals surface area contributed by atoms with Gasteiger partial charge in [0.15, 0.2) is 0 Å². The largest absolute Gasteiger partial charge is 0.497 e. The van der Waals surface area contributed by atoms with Crippen LogP contribution in [0, 0.1) is 0 Å². The van der Waals surface area contributed by atoms with E-state index in [4.69, 9.17) is 4.74 Å². The second-order valence-corrected chi connectivity index (χ2v) is 7.80. The molecule has 1 aliphatic heterocycles. The van der Waals surface area contributed by atoms with Crippen molar-refractivity contribution in [2.24, 2.45) is 0 Å². The molecule has 5 nitrogen and oxygen atoms in total. The molecule has 2 aromatic rings. The number of methoxy groups -OCH3 is 1. The molecule has 0 amide bonds. The zero-order valence-corrected chi connectivity index (χ0v) is 15.8. The fourth-order valence-corrected chi connectivity index (χ4v) is 4.62. The maximum atomic E-state index is 10.8. The van der Waals surface area contributed by atoms with Crippen LogP contribution < -0.4 is 4.74 Å². The van der Waals surface area contributed by atoms with Gasteiger partial charge in [0.2, 0.25) is 0 Å². The number of rotatable bonds is 5. The smallest absolute Gasteiger partial charge is 0.119 e. The lowest BCUT2D eigenvalue weighted by Crippen LogP contribution is -2.51. The van der Waals surface area contributed by atoms with Crippen LogP contribution in [-0.2, 0) is 0 Å². The Morgan fingerprint density at radius 3 is 2.65 bits per heavy atom. The Labute approximate surface area is 155 Å². The Morgan fingerprint density at radius 2 is 1.92 bits per heavy atom. The van der Waals surface area contributed by atoms with E-state index in [1.807, 2.05) is 24.4 Å². The number of H-pyrrole nitrogens is 1. The second kappa shape index (κ2) is 7.99. The summed E-state index contributed by atoms with van der Waals surface area (Å²) in [6, 6.07) is 6.76. The molecule has 0 unspecified atom stereocenters. The third kappa shape index (κ3) is 3.75. The maximum absolute atomic E-state index is 10.8. The zero-order chi connectivity index (χ0) is 17.9. The number of aromatic amines is 1. The molecule has 1 atom stereocenters. The van der Waals surface area contributed by atoms with Gasteiger partial charge in [-0.25, -0.2) is 0 Å². The first kappa shape index (κ1) is 17.8. The minimum atomic E-state index is -0.475. The van der Waals surface area contributed by atoms with Gasteiger partial charge in [-0.05, 0) is 31.0 Å². The highest BCUT2D eigenvalue weighted by molar-refractivity contribution is 5.85. The van der Waals surface area contributed by atoms with Crippen LogP contribution in [0.4, 0.5) is 0 Å². The molecular formula is C21H31N3O2. The molecule has 2 N–H and O–H groups in total. The summed E-state index contributed by atoms with van der Waals surface area (Å²) in [6.07, 6.45) is 8.42. The van der Waals surface area contributed by atoms with Gasteiger partial charge in [-0.1, -0.05) is 19.3 Å². The summed E-state index contributed by atoms with van der Waals surface area (Å²) in [7, 11) is 1.68. The molecule has 0 bridgehead atoms. The predicted molar refractivity (Wildman–Crippen MR) is 105 cm³/mol. The summed E-state index contributed by atoms with van der Waals surface area (Å²) in [5.41, 5.74) is 2.01. The first-order valence-electron chi connectivity index (χ1n) is 10.0. The number of fused-ring (bicyclic) bond motifs is 1. The maximum Gasteiger partial charge on any atom is 0.119 e. The Hall–Kier alpha value is -1.56. The first-order valence-corrected chi connectivity index (χ1v) is 10.0. The van der Waals surface area contributed by atoms with Gasteiger partial charge in [0.1, 0.15) is 5.75 Å². The Morgan fingerprint density at radius 1 is 1.15 bits per heavy atom. The summed E-state index contributed by atoms with van der Waals surface area (Å²) in [4.78, 5) is 8.35. The third-order valence-electron chi connectivity index (χ3n) is 6.21. The summed E-state index contributed by atoms with van der Waals surface area (Å²) >= 11 is 0. The van der Waals surface area contributed by atoms with Crippen LogP contribution in [0.25, 0.3) is 10.9 Å². The van der Waals surface area contributed by atoms with Crippen LogP contribution in [-0.4, -0.2) is 65.8 Å². The van der Waals surface area contributed by atoms with E-state index in [-0.39, 0.29) is 0 Å². The van der Waals surface area contributed by atoms with Crippen LogP contribution in [0.2, 0.25) is 0 Å². The van der Waals surface area contributed by atoms with E-state index < -0.39 is 6.10 Å². The fraction of sp³-hybridized carbons (Fsp3) is 0.619. The summed E-state index contributed by atoms with van der Waals surface area (Å²) < 4.78 is 5.33. The molecule has 4 rings (SSSR count). The van der Waals surface area contributed by atoms with Crippen LogP contribution >= 0.6 is 0 Å². The highest BCUT2D eigenvalue weighted by Gasteiger charge is 2.26. The lowest BCUT2D eigenvalue weighted by molar-refractivity contribution is 0.0479. The van der Waals surface area contributed by atoms with E-state index in [1.165, 1.54) is 32.1 Å². The van der Waals surface area contributed by atoms with Crippen LogP contribution in [0.15, 0.2) is 24.4 Å². The molecule has 2 aliphatic rings. The van der Waals surface area contributed by atoms with Gasteiger partial charge in [0, 0.05) is 61.4 Å². The van der Waals surface area contributed by atoms with Crippen molar-refractivity contribution < 1.29 is 9.84 Å². The average molecular weight is 357 g/mol. The summed E-state index contributed by atoms with van der Waals surface area (Å²) in [5.74, 6) is 0.826. The minimum Gasteiger partial charge on any atom is -0.497 e. The average Bonchev–Trinajstić information content (AvgIpc) is 3.12. The van der Waals surface area contributed by atoms with Gasteiger partial charge in [0.05, 0.1) is 13.2 Å². The number of nitrogens with zero attached hydrogens (tertiary/aromatic N) is 2. The molecule has 0 radical (unpaired) electrons. The number of aromatic nitrogens is 1. The lowest BCUT2D eigenvalue weighted by atomic mass is 9.94. The van der Waals surface area contributed by atoms with Crippen molar-refractivity contribution >= 4 is 10.9 Å². The minimum absolute atomic E-state index is 0.475. The number of aliphatic hydroxyl groups excluding tert-OH is 1. The number of benzene rings is 1. The number of ether oxygens (including phenoxy) is 1. The summed E-state index contributed by atoms with van der Waals surface area (Å²) in [5, 5.41) is 11.9. The van der Waals surface area contributed by atoms with E-state index in [1.54, 1.807) is 7.11 Å². The molecule has 2 heterocycles. The fourth-order valence-electron chi connectivity index (χ4n) is 4.62. The standard InChI is InChI=1S/C21H31N3O2/c1-26-17-7-8-20-18(13-17)19(14-22-20)21(25)15-23-9-11-24(12-10-23)16-5-3-2-4-6-16/h7-8,13-14,16,21-22,25H,2-6,9-12,15H2,1H3/t21-/m1/s1. The second-order valence-electron chi connectivity index (χ2n) is 7.80. The SMILES string of the molecule is COc1ccc2[nH]cc([C@H](O)CN3CCN(C4CCCCC4)CC3)c2c1. The van der Waals surface area contributed by atoms with Gasteiger partial charge >= 0.3 is 0 Å². The van der Waals surface area contributed by atoms with Gasteiger partial charge < -0.3 is 14.8 Å². The van der Waals surface area contributed by atoms with Crippen LogP contribution in [0.1, 0.15) is 43.8 Å².